The number of anilines is 1. The largest absolute Gasteiger partial charge is 0.352 e. The fourth-order valence-corrected chi connectivity index (χ4v) is 4.54. The van der Waals surface area contributed by atoms with Gasteiger partial charge in [-0.3, -0.25) is 13.9 Å². The Morgan fingerprint density at radius 2 is 1.82 bits per heavy atom. The number of hydrogen-bond acceptors (Lipinski definition) is 4. The predicted octanol–water partition coefficient (Wildman–Crippen LogP) is 3.95. The van der Waals surface area contributed by atoms with E-state index in [1.165, 1.54) is 11.0 Å². The van der Waals surface area contributed by atoms with Gasteiger partial charge in [0, 0.05) is 17.1 Å². The third kappa shape index (κ3) is 7.68. The molecule has 11 heteroatoms. The van der Waals surface area contributed by atoms with Gasteiger partial charge < -0.3 is 10.2 Å². The zero-order chi connectivity index (χ0) is 24.9. The molecule has 180 valence electrons. The molecule has 0 bridgehead atoms. The molecule has 0 saturated carbocycles. The molecule has 0 heterocycles. The summed E-state index contributed by atoms with van der Waals surface area (Å²) in [6, 6.07) is 9.60. The molecule has 0 spiro atoms. The lowest BCUT2D eigenvalue weighted by Gasteiger charge is -2.32. The van der Waals surface area contributed by atoms with E-state index < -0.39 is 34.3 Å². The van der Waals surface area contributed by atoms with Crippen molar-refractivity contribution in [2.75, 3.05) is 17.1 Å². The lowest BCUT2D eigenvalue weighted by atomic mass is 10.1. The summed E-state index contributed by atoms with van der Waals surface area (Å²) in [5.74, 6) is -1.69. The Balaban J connectivity index is 2.41. The van der Waals surface area contributed by atoms with Crippen molar-refractivity contribution in [2.45, 2.75) is 39.4 Å². The molecule has 0 aliphatic carbocycles. The number of rotatable bonds is 9. The van der Waals surface area contributed by atoms with Crippen LogP contribution in [0.3, 0.4) is 0 Å². The first-order chi connectivity index (χ1) is 15.3. The number of halogens is 3. The summed E-state index contributed by atoms with van der Waals surface area (Å²) in [5, 5.41) is 2.50. The average molecular weight is 563 g/mol. The number of nitrogens with zero attached hydrogens (tertiary/aromatic N) is 2. The maximum Gasteiger partial charge on any atom is 0.244 e. The summed E-state index contributed by atoms with van der Waals surface area (Å²) < 4.78 is 40.2. The summed E-state index contributed by atoms with van der Waals surface area (Å²) in [4.78, 5) is 27.4. The topological polar surface area (TPSA) is 86.8 Å². The van der Waals surface area contributed by atoms with Crippen molar-refractivity contribution in [3.05, 3.63) is 63.3 Å². The van der Waals surface area contributed by atoms with Crippen molar-refractivity contribution in [1.29, 1.82) is 0 Å². The van der Waals surface area contributed by atoms with Gasteiger partial charge in [0.1, 0.15) is 18.4 Å². The maximum absolute atomic E-state index is 13.6. The molecule has 2 rings (SSSR count). The number of sulfonamides is 1. The molecule has 1 atom stereocenters. The van der Waals surface area contributed by atoms with E-state index in [1.54, 1.807) is 39.0 Å². The highest BCUT2D eigenvalue weighted by Gasteiger charge is 2.30. The van der Waals surface area contributed by atoms with E-state index in [9.17, 15) is 22.4 Å². The molecule has 0 radical (unpaired) electrons. The van der Waals surface area contributed by atoms with Gasteiger partial charge >= 0.3 is 0 Å². The van der Waals surface area contributed by atoms with E-state index in [1.807, 2.05) is 6.07 Å². The maximum atomic E-state index is 13.6. The van der Waals surface area contributed by atoms with Crippen molar-refractivity contribution in [3.8, 4) is 0 Å². The zero-order valence-corrected chi connectivity index (χ0v) is 21.8. The first-order valence-corrected chi connectivity index (χ1v) is 13.1. The molecular formula is C22H26BrClFN3O4S. The molecule has 0 aliphatic heterocycles. The number of nitrogens with one attached hydrogen (secondary N) is 1. The quantitative estimate of drug-likeness (QED) is 0.501. The van der Waals surface area contributed by atoms with Crippen LogP contribution in [0.1, 0.15) is 26.3 Å². The van der Waals surface area contributed by atoms with Crippen LogP contribution in [0.5, 0.6) is 0 Å². The van der Waals surface area contributed by atoms with Crippen molar-refractivity contribution < 1.29 is 22.4 Å². The minimum atomic E-state index is -3.92. The van der Waals surface area contributed by atoms with E-state index in [0.717, 1.165) is 32.7 Å². The second kappa shape index (κ2) is 11.3. The molecule has 0 fully saturated rings. The third-order valence-electron chi connectivity index (χ3n) is 4.71. The van der Waals surface area contributed by atoms with Crippen LogP contribution in [-0.2, 0) is 26.2 Å². The van der Waals surface area contributed by atoms with E-state index in [0.29, 0.717) is 0 Å². The number of carbonyl (C=O) groups excluding carboxylic acids is 2. The van der Waals surface area contributed by atoms with Gasteiger partial charge in [0.05, 0.1) is 17.0 Å². The summed E-state index contributed by atoms with van der Waals surface area (Å²) in [7, 11) is -3.92. The van der Waals surface area contributed by atoms with Gasteiger partial charge in [-0.05, 0) is 56.7 Å². The molecule has 2 aromatic carbocycles. The van der Waals surface area contributed by atoms with Gasteiger partial charge in [-0.2, -0.15) is 0 Å². The van der Waals surface area contributed by atoms with Crippen molar-refractivity contribution >= 4 is 55.1 Å². The number of hydrogen-bond donors (Lipinski definition) is 1. The molecule has 2 amide bonds. The van der Waals surface area contributed by atoms with Crippen LogP contribution in [0.4, 0.5) is 10.1 Å². The Morgan fingerprint density at radius 1 is 1.15 bits per heavy atom. The smallest absolute Gasteiger partial charge is 0.244 e. The lowest BCUT2D eigenvalue weighted by Crippen LogP contribution is -2.52. The van der Waals surface area contributed by atoms with Crippen molar-refractivity contribution in [2.24, 2.45) is 0 Å². The summed E-state index contributed by atoms with van der Waals surface area (Å²) in [6.45, 7) is 4.66. The Labute approximate surface area is 207 Å². The number of amides is 2. The molecule has 33 heavy (non-hydrogen) atoms. The minimum Gasteiger partial charge on any atom is -0.352 e. The highest BCUT2D eigenvalue weighted by atomic mass is 79.9. The average Bonchev–Trinajstić information content (AvgIpc) is 2.70. The molecule has 0 unspecified atom stereocenters. The van der Waals surface area contributed by atoms with Crippen LogP contribution in [0, 0.1) is 5.82 Å². The first-order valence-electron chi connectivity index (χ1n) is 10.1. The SMILES string of the molecule is CC(C)NC(=O)[C@@H](C)N(Cc1cccc(Br)c1)C(=O)CN(c1ccc(F)c(Cl)c1)S(C)(=O)=O. The standard InChI is InChI=1S/C22H26BrClFN3O4S/c1-14(2)26-22(30)15(3)27(12-16-6-5-7-17(23)10-16)21(29)13-28(33(4,31)32)18-8-9-20(25)19(24)11-18/h5-11,14-15H,12-13H2,1-4H3,(H,26,30)/t15-/m1/s1. The summed E-state index contributed by atoms with van der Waals surface area (Å²) in [6.07, 6.45) is 0.936. The van der Waals surface area contributed by atoms with E-state index in [-0.39, 0.29) is 29.2 Å². The van der Waals surface area contributed by atoms with Gasteiger partial charge in [-0.15, -0.1) is 0 Å². The molecule has 0 aromatic heterocycles. The van der Waals surface area contributed by atoms with Gasteiger partial charge in [0.25, 0.3) is 0 Å². The second-order valence-electron chi connectivity index (χ2n) is 7.86. The monoisotopic (exact) mass is 561 g/mol. The van der Waals surface area contributed by atoms with Crippen LogP contribution in [0.2, 0.25) is 5.02 Å². The van der Waals surface area contributed by atoms with Gasteiger partial charge in [-0.1, -0.05) is 39.7 Å². The Hall–Kier alpha value is -2.17. The second-order valence-corrected chi connectivity index (χ2v) is 11.1. The van der Waals surface area contributed by atoms with Crippen LogP contribution in [0.15, 0.2) is 46.9 Å². The van der Waals surface area contributed by atoms with Crippen molar-refractivity contribution in [3.63, 3.8) is 0 Å². The fraction of sp³-hybridized carbons (Fsp3) is 0.364. The third-order valence-corrected chi connectivity index (χ3v) is 6.63. The van der Waals surface area contributed by atoms with Crippen LogP contribution < -0.4 is 9.62 Å². The van der Waals surface area contributed by atoms with Crippen LogP contribution in [-0.4, -0.2) is 50.0 Å². The van der Waals surface area contributed by atoms with Gasteiger partial charge in [-0.25, -0.2) is 12.8 Å². The van der Waals surface area contributed by atoms with E-state index in [2.05, 4.69) is 21.2 Å². The van der Waals surface area contributed by atoms with Crippen LogP contribution in [0.25, 0.3) is 0 Å². The molecule has 2 aromatic rings. The Bertz CT molecular complexity index is 1130. The Kier molecular flexibility index (Phi) is 9.28. The number of carbonyl (C=O) groups is 2. The highest BCUT2D eigenvalue weighted by molar-refractivity contribution is 9.10. The molecule has 0 saturated heterocycles. The Morgan fingerprint density at radius 3 is 2.36 bits per heavy atom. The summed E-state index contributed by atoms with van der Waals surface area (Å²) in [5.41, 5.74) is 0.789. The van der Waals surface area contributed by atoms with Crippen LogP contribution >= 0.6 is 27.5 Å². The van der Waals surface area contributed by atoms with Gasteiger partial charge in [0.2, 0.25) is 21.8 Å². The normalized spacial score (nSPS) is 12.4. The summed E-state index contributed by atoms with van der Waals surface area (Å²) >= 11 is 9.20. The predicted molar refractivity (Wildman–Crippen MR) is 131 cm³/mol. The molecule has 0 aliphatic rings. The minimum absolute atomic E-state index is 0.0407. The number of benzene rings is 2. The van der Waals surface area contributed by atoms with Gasteiger partial charge in [0.15, 0.2) is 0 Å². The lowest BCUT2D eigenvalue weighted by molar-refractivity contribution is -0.139. The molecule has 1 N–H and O–H groups in total. The van der Waals surface area contributed by atoms with Crippen molar-refractivity contribution in [1.82, 2.24) is 10.2 Å². The fourth-order valence-electron chi connectivity index (χ4n) is 3.07. The zero-order valence-electron chi connectivity index (χ0n) is 18.7. The highest BCUT2D eigenvalue weighted by Crippen LogP contribution is 2.25. The molecular weight excluding hydrogens is 537 g/mol. The first kappa shape index (κ1) is 27.1. The van der Waals surface area contributed by atoms with E-state index >= 15 is 0 Å². The van der Waals surface area contributed by atoms with E-state index in [4.69, 9.17) is 11.6 Å². The molecule has 7 nitrogen and oxygen atoms in total.